The lowest BCUT2D eigenvalue weighted by Crippen LogP contribution is -2.27. The summed E-state index contributed by atoms with van der Waals surface area (Å²) in [4.78, 5) is 26.9. The Balaban J connectivity index is 0.00000400. The van der Waals surface area contributed by atoms with Crippen molar-refractivity contribution in [2.45, 2.75) is 45.4 Å². The standard InChI is InChI=1S/C15H22N2O3.ClH/c1-2-3-4-5-6-9-14(18)20-12-17-15(19)13-8-7-10-16-11-13;/h7-8,10-11H,2-6,9,12H2,1H3,(H,17,19);1H. The molecule has 21 heavy (non-hydrogen) atoms. The second-order valence-corrected chi connectivity index (χ2v) is 4.57. The van der Waals surface area contributed by atoms with E-state index in [1.54, 1.807) is 18.3 Å². The van der Waals surface area contributed by atoms with E-state index in [9.17, 15) is 9.59 Å². The highest BCUT2D eigenvalue weighted by Crippen LogP contribution is 2.05. The van der Waals surface area contributed by atoms with Gasteiger partial charge in [0.1, 0.15) is 0 Å². The normalized spacial score (nSPS) is 9.57. The summed E-state index contributed by atoms with van der Waals surface area (Å²) in [5.74, 6) is -0.568. The van der Waals surface area contributed by atoms with Crippen LogP contribution >= 0.6 is 12.4 Å². The molecule has 1 rings (SSSR count). The summed E-state index contributed by atoms with van der Waals surface area (Å²) >= 11 is 0. The van der Waals surface area contributed by atoms with Crippen LogP contribution in [0.25, 0.3) is 0 Å². The van der Waals surface area contributed by atoms with Crippen molar-refractivity contribution in [1.29, 1.82) is 0 Å². The molecule has 0 unspecified atom stereocenters. The third-order valence-electron chi connectivity index (χ3n) is 2.87. The molecule has 6 heteroatoms. The molecule has 0 aliphatic heterocycles. The fourth-order valence-corrected chi connectivity index (χ4v) is 1.73. The lowest BCUT2D eigenvalue weighted by molar-refractivity contribution is -0.144. The average Bonchev–Trinajstić information content (AvgIpc) is 2.48. The molecule has 5 nitrogen and oxygen atoms in total. The number of carbonyl (C=O) groups excluding carboxylic acids is 2. The highest BCUT2D eigenvalue weighted by molar-refractivity contribution is 5.93. The molecule has 0 atom stereocenters. The van der Waals surface area contributed by atoms with Crippen molar-refractivity contribution in [3.63, 3.8) is 0 Å². The van der Waals surface area contributed by atoms with Crippen LogP contribution in [-0.2, 0) is 9.53 Å². The van der Waals surface area contributed by atoms with Gasteiger partial charge in [0.2, 0.25) is 0 Å². The van der Waals surface area contributed by atoms with E-state index in [1.807, 2.05) is 0 Å². The van der Waals surface area contributed by atoms with Gasteiger partial charge >= 0.3 is 5.97 Å². The summed E-state index contributed by atoms with van der Waals surface area (Å²) in [7, 11) is 0. The second kappa shape index (κ2) is 12.1. The number of unbranched alkanes of at least 4 members (excludes halogenated alkanes) is 4. The SMILES string of the molecule is CCCCCCCC(=O)OCNC(=O)c1cccnc1.Cl. The van der Waals surface area contributed by atoms with Crippen LogP contribution in [0.2, 0.25) is 0 Å². The van der Waals surface area contributed by atoms with Crippen molar-refractivity contribution in [2.24, 2.45) is 0 Å². The molecule has 0 saturated heterocycles. The lowest BCUT2D eigenvalue weighted by atomic mass is 10.1. The number of nitrogens with one attached hydrogen (secondary N) is 1. The van der Waals surface area contributed by atoms with Crippen molar-refractivity contribution in [3.05, 3.63) is 30.1 Å². The maximum absolute atomic E-state index is 11.6. The number of hydrogen-bond acceptors (Lipinski definition) is 4. The van der Waals surface area contributed by atoms with Gasteiger partial charge in [-0.1, -0.05) is 32.6 Å². The Hall–Kier alpha value is -1.62. The number of carbonyl (C=O) groups is 2. The minimum absolute atomic E-state index is 0. The molecule has 0 bridgehead atoms. The van der Waals surface area contributed by atoms with Crippen LogP contribution < -0.4 is 5.32 Å². The van der Waals surface area contributed by atoms with Gasteiger partial charge in [0.05, 0.1) is 5.56 Å². The number of ether oxygens (including phenoxy) is 1. The van der Waals surface area contributed by atoms with Crippen molar-refractivity contribution >= 4 is 24.3 Å². The average molecular weight is 315 g/mol. The molecular weight excluding hydrogens is 292 g/mol. The first-order chi connectivity index (χ1) is 9.74. The van der Waals surface area contributed by atoms with Crippen LogP contribution in [0, 0.1) is 0 Å². The number of pyridine rings is 1. The molecule has 1 aromatic heterocycles. The zero-order valence-electron chi connectivity index (χ0n) is 12.3. The number of aromatic nitrogens is 1. The summed E-state index contributed by atoms with van der Waals surface area (Å²) in [5, 5.41) is 2.52. The quantitative estimate of drug-likeness (QED) is 0.432. The number of rotatable bonds is 9. The largest absolute Gasteiger partial charge is 0.444 e. The highest BCUT2D eigenvalue weighted by Gasteiger charge is 2.06. The van der Waals surface area contributed by atoms with Gasteiger partial charge in [-0.2, -0.15) is 0 Å². The summed E-state index contributed by atoms with van der Waals surface area (Å²) in [6.45, 7) is 2.06. The Labute approximate surface area is 131 Å². The van der Waals surface area contributed by atoms with Crippen molar-refractivity contribution in [1.82, 2.24) is 10.3 Å². The van der Waals surface area contributed by atoms with Gasteiger partial charge in [-0.25, -0.2) is 0 Å². The molecular formula is C15H23ClN2O3. The van der Waals surface area contributed by atoms with Crippen LogP contribution in [-0.4, -0.2) is 23.6 Å². The molecule has 0 radical (unpaired) electrons. The molecule has 1 amide bonds. The van der Waals surface area contributed by atoms with Crippen LogP contribution in [0.4, 0.5) is 0 Å². The van der Waals surface area contributed by atoms with Gasteiger partial charge < -0.3 is 10.1 Å². The summed E-state index contributed by atoms with van der Waals surface area (Å²) in [6, 6.07) is 3.33. The molecule has 0 aliphatic carbocycles. The summed E-state index contributed by atoms with van der Waals surface area (Å²) in [6.07, 6.45) is 8.90. The fourth-order valence-electron chi connectivity index (χ4n) is 1.73. The Morgan fingerprint density at radius 3 is 2.67 bits per heavy atom. The minimum atomic E-state index is -0.297. The zero-order chi connectivity index (χ0) is 14.6. The number of hydrogen-bond donors (Lipinski definition) is 1. The first-order valence-electron chi connectivity index (χ1n) is 7.08. The van der Waals surface area contributed by atoms with Gasteiger partial charge in [-0.3, -0.25) is 14.6 Å². The maximum Gasteiger partial charge on any atom is 0.307 e. The van der Waals surface area contributed by atoms with Crippen LogP contribution in [0.1, 0.15) is 55.8 Å². The Bertz CT molecular complexity index is 413. The topological polar surface area (TPSA) is 68.3 Å². The molecule has 0 aliphatic rings. The molecule has 0 spiro atoms. The third-order valence-corrected chi connectivity index (χ3v) is 2.87. The van der Waals surface area contributed by atoms with Gasteiger partial charge in [0.15, 0.2) is 6.73 Å². The van der Waals surface area contributed by atoms with Crippen LogP contribution in [0.5, 0.6) is 0 Å². The molecule has 0 saturated carbocycles. The Morgan fingerprint density at radius 1 is 1.24 bits per heavy atom. The van der Waals surface area contributed by atoms with Crippen molar-refractivity contribution < 1.29 is 14.3 Å². The maximum atomic E-state index is 11.6. The number of halogens is 1. The van der Waals surface area contributed by atoms with Gasteiger partial charge in [-0.05, 0) is 18.6 Å². The molecule has 1 N–H and O–H groups in total. The summed E-state index contributed by atoms with van der Waals surface area (Å²) in [5.41, 5.74) is 0.447. The van der Waals surface area contributed by atoms with Crippen molar-refractivity contribution in [2.75, 3.05) is 6.73 Å². The lowest BCUT2D eigenvalue weighted by Gasteiger charge is -2.06. The molecule has 118 valence electrons. The number of esters is 1. The number of nitrogens with zero attached hydrogens (tertiary/aromatic N) is 1. The van der Waals surface area contributed by atoms with E-state index >= 15 is 0 Å². The van der Waals surface area contributed by atoms with E-state index in [1.165, 1.54) is 19.0 Å². The Morgan fingerprint density at radius 2 is 2.00 bits per heavy atom. The first kappa shape index (κ1) is 19.4. The van der Waals surface area contributed by atoms with E-state index < -0.39 is 0 Å². The fraction of sp³-hybridized carbons (Fsp3) is 0.533. The third kappa shape index (κ3) is 9.02. The molecule has 0 fully saturated rings. The second-order valence-electron chi connectivity index (χ2n) is 4.57. The van der Waals surface area contributed by atoms with E-state index in [0.29, 0.717) is 12.0 Å². The van der Waals surface area contributed by atoms with E-state index in [0.717, 1.165) is 19.3 Å². The zero-order valence-corrected chi connectivity index (χ0v) is 13.2. The monoisotopic (exact) mass is 314 g/mol. The van der Waals surface area contributed by atoms with Gasteiger partial charge in [0.25, 0.3) is 5.91 Å². The van der Waals surface area contributed by atoms with E-state index in [-0.39, 0.29) is 31.0 Å². The molecule has 1 heterocycles. The molecule has 0 aromatic carbocycles. The predicted molar refractivity (Wildman–Crippen MR) is 83.3 cm³/mol. The van der Waals surface area contributed by atoms with E-state index in [4.69, 9.17) is 4.74 Å². The van der Waals surface area contributed by atoms with E-state index in [2.05, 4.69) is 17.2 Å². The van der Waals surface area contributed by atoms with Crippen LogP contribution in [0.3, 0.4) is 0 Å². The minimum Gasteiger partial charge on any atom is -0.444 e. The Kier molecular flexibility index (Phi) is 11.2. The van der Waals surface area contributed by atoms with Gasteiger partial charge in [0, 0.05) is 18.8 Å². The smallest absolute Gasteiger partial charge is 0.307 e. The van der Waals surface area contributed by atoms with Crippen molar-refractivity contribution in [3.8, 4) is 0 Å². The predicted octanol–water partition coefficient (Wildman–Crippen LogP) is 3.09. The number of amides is 1. The summed E-state index contributed by atoms with van der Waals surface area (Å²) < 4.78 is 4.95. The van der Waals surface area contributed by atoms with Crippen LogP contribution in [0.15, 0.2) is 24.5 Å². The molecule has 1 aromatic rings. The highest BCUT2D eigenvalue weighted by atomic mass is 35.5. The first-order valence-corrected chi connectivity index (χ1v) is 7.08. The van der Waals surface area contributed by atoms with Gasteiger partial charge in [-0.15, -0.1) is 12.4 Å².